The average molecular weight is 381 g/mol. The number of rotatable bonds is 4. The number of piperidine rings is 1. The molecular formula is C16H23F3N2OS2. The van der Waals surface area contributed by atoms with Crippen molar-refractivity contribution in [2.75, 3.05) is 19.6 Å². The molecule has 1 fully saturated rings. The van der Waals surface area contributed by atoms with E-state index in [0.717, 1.165) is 25.9 Å². The van der Waals surface area contributed by atoms with Gasteiger partial charge in [-0.3, -0.25) is 4.79 Å². The maximum atomic E-state index is 12.2. The molecule has 0 radical (unpaired) electrons. The van der Waals surface area contributed by atoms with Crippen LogP contribution in [0.3, 0.4) is 0 Å². The fraction of sp³-hybridized carbons (Fsp3) is 0.688. The van der Waals surface area contributed by atoms with Crippen LogP contribution in [0.5, 0.6) is 0 Å². The zero-order valence-electron chi connectivity index (χ0n) is 14.1. The second kappa shape index (κ2) is 7.66. The number of thiophene rings is 1. The van der Waals surface area contributed by atoms with Gasteiger partial charge in [0.05, 0.1) is 4.21 Å². The first-order valence-corrected chi connectivity index (χ1v) is 9.53. The largest absolute Gasteiger partial charge is 0.471 e. The van der Waals surface area contributed by atoms with E-state index < -0.39 is 12.1 Å². The maximum absolute atomic E-state index is 12.2. The van der Waals surface area contributed by atoms with Gasteiger partial charge in [-0.2, -0.15) is 13.2 Å². The number of halogens is 3. The van der Waals surface area contributed by atoms with E-state index >= 15 is 0 Å². The molecule has 136 valence electrons. The summed E-state index contributed by atoms with van der Waals surface area (Å²) in [5.41, 5.74) is 0.146. The van der Waals surface area contributed by atoms with Gasteiger partial charge in [-0.15, -0.1) is 11.3 Å². The molecule has 2 heterocycles. The molecule has 0 aliphatic carbocycles. The van der Waals surface area contributed by atoms with Gasteiger partial charge in [0.1, 0.15) is 0 Å². The van der Waals surface area contributed by atoms with Gasteiger partial charge in [0.15, 0.2) is 0 Å². The van der Waals surface area contributed by atoms with Crippen molar-refractivity contribution in [1.29, 1.82) is 0 Å². The highest BCUT2D eigenvalue weighted by molar-refractivity contribution is 7.98. The Bertz CT molecular complexity index is 558. The van der Waals surface area contributed by atoms with Gasteiger partial charge in [0, 0.05) is 24.5 Å². The van der Waals surface area contributed by atoms with Gasteiger partial charge in [0.2, 0.25) is 0 Å². The Balaban J connectivity index is 1.75. The summed E-state index contributed by atoms with van der Waals surface area (Å²) in [6, 6.07) is 4.29. The van der Waals surface area contributed by atoms with Crippen LogP contribution >= 0.6 is 23.3 Å². The Kier molecular flexibility index (Phi) is 6.25. The van der Waals surface area contributed by atoms with E-state index in [1.165, 1.54) is 9.09 Å². The molecule has 0 unspecified atom stereocenters. The SMILES string of the molecule is CC(C)(C)c1ccc(SN2CCC(CNC(=O)C(F)(F)F)CC2)s1. The zero-order chi connectivity index (χ0) is 18.0. The lowest BCUT2D eigenvalue weighted by molar-refractivity contribution is -0.173. The number of hydrogen-bond acceptors (Lipinski definition) is 4. The Morgan fingerprint density at radius 1 is 1.29 bits per heavy atom. The minimum absolute atomic E-state index is 0.101. The first-order chi connectivity index (χ1) is 11.1. The van der Waals surface area contributed by atoms with E-state index in [9.17, 15) is 18.0 Å². The first kappa shape index (κ1) is 19.6. The molecule has 1 saturated heterocycles. The summed E-state index contributed by atoms with van der Waals surface area (Å²) in [5.74, 6) is -1.73. The van der Waals surface area contributed by atoms with Crippen molar-refractivity contribution in [2.24, 2.45) is 5.92 Å². The maximum Gasteiger partial charge on any atom is 0.471 e. The highest BCUT2D eigenvalue weighted by Crippen LogP contribution is 2.37. The van der Waals surface area contributed by atoms with Crippen LogP contribution in [0.2, 0.25) is 0 Å². The molecule has 2 rings (SSSR count). The third-order valence-corrected chi connectivity index (χ3v) is 6.64. The summed E-state index contributed by atoms with van der Waals surface area (Å²) < 4.78 is 40.0. The highest BCUT2D eigenvalue weighted by atomic mass is 32.2. The number of carbonyl (C=O) groups excluding carboxylic acids is 1. The lowest BCUT2D eigenvalue weighted by Crippen LogP contribution is -2.41. The molecule has 0 atom stereocenters. The summed E-state index contributed by atoms with van der Waals surface area (Å²) in [6.07, 6.45) is -3.20. The number of nitrogens with one attached hydrogen (secondary N) is 1. The monoisotopic (exact) mass is 380 g/mol. The first-order valence-electron chi connectivity index (χ1n) is 7.94. The minimum Gasteiger partial charge on any atom is -0.348 e. The summed E-state index contributed by atoms with van der Waals surface area (Å²) in [5, 5.41) is 1.99. The average Bonchev–Trinajstić information content (AvgIpc) is 2.94. The van der Waals surface area contributed by atoms with Crippen molar-refractivity contribution in [2.45, 2.75) is 49.4 Å². The number of carbonyl (C=O) groups is 1. The van der Waals surface area contributed by atoms with Crippen molar-refractivity contribution in [3.8, 4) is 0 Å². The molecule has 1 aromatic rings. The number of alkyl halides is 3. The second-order valence-electron chi connectivity index (χ2n) is 7.04. The number of nitrogens with zero attached hydrogens (tertiary/aromatic N) is 1. The lowest BCUT2D eigenvalue weighted by Gasteiger charge is -2.30. The minimum atomic E-state index is -4.79. The molecule has 0 aromatic carbocycles. The molecule has 24 heavy (non-hydrogen) atoms. The van der Waals surface area contributed by atoms with Crippen LogP contribution in [0.25, 0.3) is 0 Å². The standard InChI is InChI=1S/C16H23F3N2OS2/c1-15(2,3)12-4-5-13(23-12)24-21-8-6-11(7-9-21)10-20-14(22)16(17,18)19/h4-5,11H,6-10H2,1-3H3,(H,20,22). The fourth-order valence-electron chi connectivity index (χ4n) is 2.44. The van der Waals surface area contributed by atoms with Gasteiger partial charge in [-0.25, -0.2) is 4.31 Å². The molecular weight excluding hydrogens is 357 g/mol. The predicted molar refractivity (Wildman–Crippen MR) is 92.2 cm³/mol. The quantitative estimate of drug-likeness (QED) is 0.784. The van der Waals surface area contributed by atoms with Crippen LogP contribution in [0.4, 0.5) is 13.2 Å². The Morgan fingerprint density at radius 2 is 1.92 bits per heavy atom. The summed E-state index contributed by atoms with van der Waals surface area (Å²) in [6.45, 7) is 8.31. The molecule has 0 spiro atoms. The van der Waals surface area contributed by atoms with Gasteiger partial charge >= 0.3 is 12.1 Å². The van der Waals surface area contributed by atoms with E-state index in [1.54, 1.807) is 23.3 Å². The summed E-state index contributed by atoms with van der Waals surface area (Å²) in [7, 11) is 0. The predicted octanol–water partition coefficient (Wildman–Crippen LogP) is 4.44. The molecule has 1 amide bonds. The van der Waals surface area contributed by atoms with Gasteiger partial charge < -0.3 is 5.32 Å². The molecule has 3 nitrogen and oxygen atoms in total. The van der Waals surface area contributed by atoms with Crippen LogP contribution in [0.1, 0.15) is 38.5 Å². The van der Waals surface area contributed by atoms with Crippen molar-refractivity contribution in [1.82, 2.24) is 9.62 Å². The third-order valence-electron chi connectivity index (χ3n) is 3.92. The summed E-state index contributed by atoms with van der Waals surface area (Å²) in [4.78, 5) is 12.2. The van der Waals surface area contributed by atoms with Crippen molar-refractivity contribution >= 4 is 29.2 Å². The molecule has 1 N–H and O–H groups in total. The second-order valence-corrected chi connectivity index (χ2v) is 9.52. The van der Waals surface area contributed by atoms with Crippen molar-refractivity contribution < 1.29 is 18.0 Å². The van der Waals surface area contributed by atoms with Crippen LogP contribution < -0.4 is 5.32 Å². The van der Waals surface area contributed by atoms with E-state index in [0.29, 0.717) is 0 Å². The van der Waals surface area contributed by atoms with Crippen molar-refractivity contribution in [3.63, 3.8) is 0 Å². The van der Waals surface area contributed by atoms with E-state index in [1.807, 2.05) is 5.32 Å². The topological polar surface area (TPSA) is 32.3 Å². The van der Waals surface area contributed by atoms with E-state index in [4.69, 9.17) is 0 Å². The molecule has 1 aliphatic rings. The Hall–Kier alpha value is -0.730. The Labute approximate surface area is 149 Å². The smallest absolute Gasteiger partial charge is 0.348 e. The fourth-order valence-corrected chi connectivity index (χ4v) is 4.75. The zero-order valence-corrected chi connectivity index (χ0v) is 15.7. The van der Waals surface area contributed by atoms with Crippen LogP contribution in [-0.2, 0) is 10.2 Å². The molecule has 1 aliphatic heterocycles. The Morgan fingerprint density at radius 3 is 2.42 bits per heavy atom. The van der Waals surface area contributed by atoms with Crippen LogP contribution in [-0.4, -0.2) is 36.0 Å². The molecule has 0 saturated carbocycles. The normalized spacial score (nSPS) is 17.9. The van der Waals surface area contributed by atoms with Gasteiger partial charge in [-0.1, -0.05) is 20.8 Å². The van der Waals surface area contributed by atoms with Crippen LogP contribution in [0, 0.1) is 5.92 Å². The van der Waals surface area contributed by atoms with E-state index in [2.05, 4.69) is 37.2 Å². The van der Waals surface area contributed by atoms with Gasteiger partial charge in [0.25, 0.3) is 0 Å². The van der Waals surface area contributed by atoms with Crippen LogP contribution in [0.15, 0.2) is 16.3 Å². The number of amides is 1. The van der Waals surface area contributed by atoms with E-state index in [-0.39, 0.29) is 17.9 Å². The number of hydrogen-bond donors (Lipinski definition) is 1. The third kappa shape index (κ3) is 5.67. The van der Waals surface area contributed by atoms with Gasteiger partial charge in [-0.05, 0) is 48.3 Å². The highest BCUT2D eigenvalue weighted by Gasteiger charge is 2.38. The van der Waals surface area contributed by atoms with Crippen molar-refractivity contribution in [3.05, 3.63) is 17.0 Å². The molecule has 8 heteroatoms. The molecule has 0 bridgehead atoms. The lowest BCUT2D eigenvalue weighted by atomic mass is 9.95. The summed E-state index contributed by atoms with van der Waals surface area (Å²) >= 11 is 3.51. The molecule has 1 aromatic heterocycles.